The van der Waals surface area contributed by atoms with E-state index in [0.29, 0.717) is 6.54 Å². The van der Waals surface area contributed by atoms with Crippen LogP contribution in [0.25, 0.3) is 0 Å². The third-order valence-corrected chi connectivity index (χ3v) is 4.45. The highest BCUT2D eigenvalue weighted by molar-refractivity contribution is 7.14. The maximum atomic E-state index is 11.9. The number of halogens is 1. The van der Waals surface area contributed by atoms with Crippen LogP contribution in [0.5, 0.6) is 0 Å². The lowest BCUT2D eigenvalue weighted by Gasteiger charge is -2.16. The average molecular weight is 289 g/mol. The zero-order valence-corrected chi connectivity index (χ0v) is 12.5. The van der Waals surface area contributed by atoms with Crippen LogP contribution in [0, 0.1) is 5.92 Å². The Kier molecular flexibility index (Phi) is 6.12. The molecule has 0 bridgehead atoms. The van der Waals surface area contributed by atoms with Crippen molar-refractivity contribution in [2.45, 2.75) is 26.2 Å². The van der Waals surface area contributed by atoms with Crippen molar-refractivity contribution in [1.29, 1.82) is 0 Å². The van der Waals surface area contributed by atoms with Crippen molar-refractivity contribution in [2.75, 3.05) is 20.1 Å². The van der Waals surface area contributed by atoms with Crippen LogP contribution in [0.15, 0.2) is 6.07 Å². The van der Waals surface area contributed by atoms with Crippen molar-refractivity contribution in [1.82, 2.24) is 10.6 Å². The minimum Gasteiger partial charge on any atom is -0.350 e. The van der Waals surface area contributed by atoms with Gasteiger partial charge in [-0.2, -0.15) is 0 Å². The van der Waals surface area contributed by atoms with E-state index in [-0.39, 0.29) is 18.3 Å². The van der Waals surface area contributed by atoms with Crippen molar-refractivity contribution >= 4 is 29.7 Å². The molecular formula is C13H21ClN2OS. The fraction of sp³-hybridized carbons (Fsp3) is 0.615. The Morgan fingerprint density at radius 2 is 2.28 bits per heavy atom. The third kappa shape index (κ3) is 3.70. The molecule has 1 atom stereocenters. The average Bonchev–Trinajstić information content (AvgIpc) is 2.72. The molecule has 0 aromatic carbocycles. The number of amides is 1. The van der Waals surface area contributed by atoms with Crippen LogP contribution in [0.1, 0.15) is 33.5 Å². The second kappa shape index (κ2) is 7.12. The predicted octanol–water partition coefficient (Wildman–Crippen LogP) is 2.24. The molecule has 1 unspecified atom stereocenters. The molecule has 0 saturated heterocycles. The Hall–Kier alpha value is -0.580. The highest BCUT2D eigenvalue weighted by Crippen LogP contribution is 2.32. The SMILES string of the molecule is CNCCNC(=O)c1cc2c(s1)CCC(C)C2.Cl. The topological polar surface area (TPSA) is 41.1 Å². The molecule has 3 nitrogen and oxygen atoms in total. The van der Waals surface area contributed by atoms with Gasteiger partial charge in [-0.1, -0.05) is 6.92 Å². The molecule has 0 saturated carbocycles. The minimum atomic E-state index is 0. The Balaban J connectivity index is 0.00000162. The smallest absolute Gasteiger partial charge is 0.261 e. The number of nitrogens with one attached hydrogen (secondary N) is 2. The lowest BCUT2D eigenvalue weighted by molar-refractivity contribution is 0.0958. The summed E-state index contributed by atoms with van der Waals surface area (Å²) in [5.41, 5.74) is 1.40. The van der Waals surface area contributed by atoms with E-state index in [1.165, 1.54) is 16.9 Å². The zero-order valence-electron chi connectivity index (χ0n) is 10.9. The molecule has 1 amide bonds. The van der Waals surface area contributed by atoms with Crippen LogP contribution in [0.2, 0.25) is 0 Å². The summed E-state index contributed by atoms with van der Waals surface area (Å²) in [6, 6.07) is 2.09. The van der Waals surface area contributed by atoms with E-state index in [0.717, 1.165) is 30.2 Å². The van der Waals surface area contributed by atoms with Crippen molar-refractivity contribution in [2.24, 2.45) is 5.92 Å². The number of aryl methyl sites for hydroxylation is 1. The van der Waals surface area contributed by atoms with Crippen molar-refractivity contribution < 1.29 is 4.79 Å². The number of carbonyl (C=O) groups excluding carboxylic acids is 1. The molecule has 1 aliphatic rings. The highest BCUT2D eigenvalue weighted by Gasteiger charge is 2.20. The lowest BCUT2D eigenvalue weighted by atomic mass is 9.90. The minimum absolute atomic E-state index is 0. The van der Waals surface area contributed by atoms with Crippen molar-refractivity contribution in [3.63, 3.8) is 0 Å². The molecule has 1 heterocycles. The van der Waals surface area contributed by atoms with Crippen LogP contribution in [0.3, 0.4) is 0 Å². The van der Waals surface area contributed by atoms with E-state index in [2.05, 4.69) is 23.6 Å². The Morgan fingerprint density at radius 1 is 1.50 bits per heavy atom. The number of hydrogen-bond acceptors (Lipinski definition) is 3. The van der Waals surface area contributed by atoms with Crippen molar-refractivity contribution in [3.8, 4) is 0 Å². The Morgan fingerprint density at radius 3 is 3.00 bits per heavy atom. The summed E-state index contributed by atoms with van der Waals surface area (Å²) in [5.74, 6) is 0.838. The van der Waals surface area contributed by atoms with Gasteiger partial charge in [0, 0.05) is 18.0 Å². The predicted molar refractivity (Wildman–Crippen MR) is 79.0 cm³/mol. The van der Waals surface area contributed by atoms with Gasteiger partial charge in [0.15, 0.2) is 0 Å². The van der Waals surface area contributed by atoms with Gasteiger partial charge >= 0.3 is 0 Å². The van der Waals surface area contributed by atoms with Gasteiger partial charge in [0.25, 0.3) is 5.91 Å². The summed E-state index contributed by atoms with van der Waals surface area (Å²) in [6.45, 7) is 3.79. The van der Waals surface area contributed by atoms with Gasteiger partial charge in [0.2, 0.25) is 0 Å². The summed E-state index contributed by atoms with van der Waals surface area (Å²) >= 11 is 1.67. The van der Waals surface area contributed by atoms with E-state index in [1.807, 2.05) is 7.05 Å². The molecular weight excluding hydrogens is 268 g/mol. The first kappa shape index (κ1) is 15.5. The van der Waals surface area contributed by atoms with E-state index in [9.17, 15) is 4.79 Å². The van der Waals surface area contributed by atoms with Crippen LogP contribution in [-0.2, 0) is 12.8 Å². The second-order valence-electron chi connectivity index (χ2n) is 4.77. The first-order valence-corrected chi connectivity index (χ1v) is 7.06. The van der Waals surface area contributed by atoms with Crippen LogP contribution in [-0.4, -0.2) is 26.0 Å². The summed E-state index contributed by atoms with van der Waals surface area (Å²) in [7, 11) is 1.89. The van der Waals surface area contributed by atoms with E-state index >= 15 is 0 Å². The van der Waals surface area contributed by atoms with Crippen LogP contribution < -0.4 is 10.6 Å². The fourth-order valence-electron chi connectivity index (χ4n) is 2.21. The summed E-state index contributed by atoms with van der Waals surface area (Å²) < 4.78 is 0. The van der Waals surface area contributed by atoms with Gasteiger partial charge in [0.05, 0.1) is 4.88 Å². The number of carbonyl (C=O) groups is 1. The molecule has 2 rings (SSSR count). The quantitative estimate of drug-likeness (QED) is 0.835. The molecule has 18 heavy (non-hydrogen) atoms. The van der Waals surface area contributed by atoms with Gasteiger partial charge in [-0.05, 0) is 43.9 Å². The fourth-order valence-corrected chi connectivity index (χ4v) is 3.33. The molecule has 102 valence electrons. The number of fused-ring (bicyclic) bond motifs is 1. The summed E-state index contributed by atoms with van der Waals surface area (Å²) in [6.07, 6.45) is 3.54. The molecule has 0 spiro atoms. The Labute approximate surface area is 119 Å². The maximum absolute atomic E-state index is 11.9. The van der Waals surface area contributed by atoms with Gasteiger partial charge in [-0.25, -0.2) is 0 Å². The maximum Gasteiger partial charge on any atom is 0.261 e. The largest absolute Gasteiger partial charge is 0.350 e. The van der Waals surface area contributed by atoms with Gasteiger partial charge in [-0.15, -0.1) is 23.7 Å². The second-order valence-corrected chi connectivity index (χ2v) is 5.90. The summed E-state index contributed by atoms with van der Waals surface area (Å²) in [5, 5.41) is 5.95. The van der Waals surface area contributed by atoms with Crippen LogP contribution >= 0.6 is 23.7 Å². The first-order chi connectivity index (χ1) is 8.20. The highest BCUT2D eigenvalue weighted by atomic mass is 35.5. The van der Waals surface area contributed by atoms with E-state index < -0.39 is 0 Å². The van der Waals surface area contributed by atoms with Gasteiger partial charge in [-0.3, -0.25) is 4.79 Å². The molecule has 5 heteroatoms. The van der Waals surface area contributed by atoms with Gasteiger partial charge in [0.1, 0.15) is 0 Å². The number of hydrogen-bond donors (Lipinski definition) is 2. The standard InChI is InChI=1S/C13H20N2OS.ClH/c1-9-3-4-11-10(7-9)8-12(17-11)13(16)15-6-5-14-2;/h8-9,14H,3-7H2,1-2H3,(H,15,16);1H. The monoisotopic (exact) mass is 288 g/mol. The number of thiophene rings is 1. The normalized spacial score (nSPS) is 17.8. The van der Waals surface area contributed by atoms with Crippen molar-refractivity contribution in [3.05, 3.63) is 21.4 Å². The molecule has 1 aliphatic carbocycles. The van der Waals surface area contributed by atoms with Gasteiger partial charge < -0.3 is 10.6 Å². The van der Waals surface area contributed by atoms with E-state index in [1.54, 1.807) is 11.3 Å². The number of likely N-dealkylation sites (N-methyl/N-ethyl adjacent to an activating group) is 1. The zero-order chi connectivity index (χ0) is 12.3. The van der Waals surface area contributed by atoms with Crippen LogP contribution in [0.4, 0.5) is 0 Å². The molecule has 1 aromatic rings. The van der Waals surface area contributed by atoms with E-state index in [4.69, 9.17) is 0 Å². The Bertz CT molecular complexity index is 406. The molecule has 0 radical (unpaired) electrons. The molecule has 0 fully saturated rings. The lowest BCUT2D eigenvalue weighted by Crippen LogP contribution is -2.29. The summed E-state index contributed by atoms with van der Waals surface area (Å²) in [4.78, 5) is 14.2. The molecule has 2 N–H and O–H groups in total. The number of rotatable bonds is 4. The first-order valence-electron chi connectivity index (χ1n) is 6.25. The molecule has 0 aliphatic heterocycles. The third-order valence-electron chi connectivity index (χ3n) is 3.21. The molecule has 1 aromatic heterocycles.